The van der Waals surface area contributed by atoms with Crippen LogP contribution in [0.15, 0.2) is 28.7 Å². The van der Waals surface area contributed by atoms with Crippen LogP contribution in [0.1, 0.15) is 29.3 Å². The maximum absolute atomic E-state index is 11.3. The molecule has 0 saturated carbocycles. The molecule has 1 aliphatic carbocycles. The first kappa shape index (κ1) is 12.8. The summed E-state index contributed by atoms with van der Waals surface area (Å²) in [6.45, 7) is 0. The number of hydrogen-bond acceptors (Lipinski definition) is 3. The molecule has 1 atom stereocenters. The quantitative estimate of drug-likeness (QED) is 0.898. The van der Waals surface area contributed by atoms with Crippen molar-refractivity contribution in [3.05, 3.63) is 39.3 Å². The third-order valence-corrected chi connectivity index (χ3v) is 5.21. The van der Waals surface area contributed by atoms with Gasteiger partial charge in [-0.15, -0.1) is 11.3 Å². The van der Waals surface area contributed by atoms with E-state index in [0.717, 1.165) is 38.5 Å². The van der Waals surface area contributed by atoms with Crippen LogP contribution < -0.4 is 0 Å². The predicted molar refractivity (Wildman–Crippen MR) is 78.6 cm³/mol. The number of thiazole rings is 1. The molecule has 1 heterocycles. The number of aryl methyl sites for hydroxylation is 1. The number of carboxylic acid groups (broad SMARTS) is 1. The second-order valence-electron chi connectivity index (χ2n) is 4.59. The number of carboxylic acids is 1. The van der Waals surface area contributed by atoms with E-state index in [-0.39, 0.29) is 0 Å². The van der Waals surface area contributed by atoms with Gasteiger partial charge < -0.3 is 5.11 Å². The molecular weight excluding hydrogens is 326 g/mol. The molecule has 1 aromatic carbocycles. The minimum Gasteiger partial charge on any atom is -0.481 e. The SMILES string of the molecule is O=C(O)C1CCCc2sc(-c3ccccc3Br)nc21. The van der Waals surface area contributed by atoms with Gasteiger partial charge in [-0.1, -0.05) is 34.1 Å². The Hall–Kier alpha value is -1.20. The van der Waals surface area contributed by atoms with Crippen molar-refractivity contribution < 1.29 is 9.90 Å². The summed E-state index contributed by atoms with van der Waals surface area (Å²) in [5, 5.41) is 10.2. The summed E-state index contributed by atoms with van der Waals surface area (Å²) in [6, 6.07) is 7.91. The van der Waals surface area contributed by atoms with E-state index in [1.165, 1.54) is 0 Å². The van der Waals surface area contributed by atoms with Crippen LogP contribution in [0.3, 0.4) is 0 Å². The van der Waals surface area contributed by atoms with Gasteiger partial charge in [-0.25, -0.2) is 4.98 Å². The number of aliphatic carboxylic acids is 1. The number of aromatic nitrogens is 1. The fraction of sp³-hybridized carbons (Fsp3) is 0.286. The molecule has 0 amide bonds. The van der Waals surface area contributed by atoms with E-state index >= 15 is 0 Å². The third kappa shape index (κ3) is 2.32. The van der Waals surface area contributed by atoms with Gasteiger partial charge >= 0.3 is 5.97 Å². The normalized spacial score (nSPS) is 18.1. The molecular formula is C14H12BrNO2S. The summed E-state index contributed by atoms with van der Waals surface area (Å²) < 4.78 is 0.993. The maximum Gasteiger partial charge on any atom is 0.312 e. The fourth-order valence-electron chi connectivity index (χ4n) is 2.41. The van der Waals surface area contributed by atoms with Gasteiger partial charge in [-0.05, 0) is 25.3 Å². The largest absolute Gasteiger partial charge is 0.481 e. The zero-order chi connectivity index (χ0) is 13.4. The number of nitrogens with zero attached hydrogens (tertiary/aromatic N) is 1. The Labute approximate surface area is 123 Å². The maximum atomic E-state index is 11.3. The molecule has 19 heavy (non-hydrogen) atoms. The number of benzene rings is 1. The summed E-state index contributed by atoms with van der Waals surface area (Å²) in [4.78, 5) is 17.0. The zero-order valence-electron chi connectivity index (χ0n) is 10.1. The Morgan fingerprint density at radius 1 is 1.42 bits per heavy atom. The van der Waals surface area contributed by atoms with Crippen LogP contribution in [0.4, 0.5) is 0 Å². The standard InChI is InChI=1S/C14H12BrNO2S/c15-10-6-2-1-4-8(10)13-16-12-9(14(17)18)5-3-7-11(12)19-13/h1-2,4,6,9H,3,5,7H2,(H,17,18). The molecule has 2 aromatic rings. The van der Waals surface area contributed by atoms with E-state index in [9.17, 15) is 9.90 Å². The van der Waals surface area contributed by atoms with Crippen molar-refractivity contribution in [2.24, 2.45) is 0 Å². The zero-order valence-corrected chi connectivity index (χ0v) is 12.5. The molecule has 3 nitrogen and oxygen atoms in total. The van der Waals surface area contributed by atoms with Crippen LogP contribution in [-0.2, 0) is 11.2 Å². The van der Waals surface area contributed by atoms with Crippen LogP contribution in [0.2, 0.25) is 0 Å². The van der Waals surface area contributed by atoms with Crippen LogP contribution in [0, 0.1) is 0 Å². The Balaban J connectivity index is 2.07. The molecule has 0 fully saturated rings. The molecule has 1 unspecified atom stereocenters. The number of fused-ring (bicyclic) bond motifs is 1. The lowest BCUT2D eigenvalue weighted by Gasteiger charge is -2.16. The summed E-state index contributed by atoms with van der Waals surface area (Å²) in [5.74, 6) is -1.19. The minimum absolute atomic E-state index is 0.434. The second kappa shape index (κ2) is 5.06. The molecule has 0 bridgehead atoms. The van der Waals surface area contributed by atoms with Gasteiger partial charge in [0, 0.05) is 14.9 Å². The Morgan fingerprint density at radius 2 is 2.21 bits per heavy atom. The first-order chi connectivity index (χ1) is 9.16. The summed E-state index contributed by atoms with van der Waals surface area (Å²) in [5.41, 5.74) is 1.81. The lowest BCUT2D eigenvalue weighted by molar-refractivity contribution is -0.139. The van der Waals surface area contributed by atoms with Crippen LogP contribution in [-0.4, -0.2) is 16.1 Å². The Kier molecular flexibility index (Phi) is 3.41. The summed E-state index contributed by atoms with van der Waals surface area (Å²) in [7, 11) is 0. The number of rotatable bonds is 2. The van der Waals surface area contributed by atoms with Gasteiger partial charge in [0.15, 0.2) is 0 Å². The van der Waals surface area contributed by atoms with Crippen molar-refractivity contribution in [1.29, 1.82) is 0 Å². The molecule has 0 aliphatic heterocycles. The van der Waals surface area contributed by atoms with E-state index in [0.29, 0.717) is 6.42 Å². The number of carbonyl (C=O) groups is 1. The highest BCUT2D eigenvalue weighted by atomic mass is 79.9. The molecule has 1 N–H and O–H groups in total. The summed E-state index contributed by atoms with van der Waals surface area (Å²) in [6.07, 6.45) is 2.57. The van der Waals surface area contributed by atoms with E-state index in [2.05, 4.69) is 20.9 Å². The van der Waals surface area contributed by atoms with Crippen LogP contribution in [0.25, 0.3) is 10.6 Å². The van der Waals surface area contributed by atoms with Crippen LogP contribution >= 0.6 is 27.3 Å². The molecule has 1 aliphatic rings. The van der Waals surface area contributed by atoms with Crippen molar-refractivity contribution in [2.75, 3.05) is 0 Å². The van der Waals surface area contributed by atoms with Gasteiger partial charge in [0.05, 0.1) is 11.6 Å². The highest BCUT2D eigenvalue weighted by molar-refractivity contribution is 9.10. The van der Waals surface area contributed by atoms with Gasteiger partial charge in [-0.2, -0.15) is 0 Å². The molecule has 0 radical (unpaired) electrons. The van der Waals surface area contributed by atoms with E-state index in [1.807, 2.05) is 24.3 Å². The average molecular weight is 338 g/mol. The van der Waals surface area contributed by atoms with Crippen molar-refractivity contribution in [2.45, 2.75) is 25.2 Å². The highest BCUT2D eigenvalue weighted by Gasteiger charge is 2.30. The van der Waals surface area contributed by atoms with Crippen LogP contribution in [0.5, 0.6) is 0 Å². The van der Waals surface area contributed by atoms with Gasteiger partial charge in [0.1, 0.15) is 5.01 Å². The monoisotopic (exact) mass is 337 g/mol. The lowest BCUT2D eigenvalue weighted by Crippen LogP contribution is -2.17. The van der Waals surface area contributed by atoms with E-state index < -0.39 is 11.9 Å². The Morgan fingerprint density at radius 3 is 2.95 bits per heavy atom. The third-order valence-electron chi connectivity index (χ3n) is 3.36. The molecule has 5 heteroatoms. The minimum atomic E-state index is -0.759. The van der Waals surface area contributed by atoms with Crippen molar-refractivity contribution in [3.8, 4) is 10.6 Å². The van der Waals surface area contributed by atoms with E-state index in [4.69, 9.17) is 0 Å². The van der Waals surface area contributed by atoms with Crippen molar-refractivity contribution in [1.82, 2.24) is 4.98 Å². The highest BCUT2D eigenvalue weighted by Crippen LogP contribution is 2.39. The second-order valence-corrected chi connectivity index (χ2v) is 6.53. The molecule has 0 spiro atoms. The Bertz CT molecular complexity index is 638. The topological polar surface area (TPSA) is 50.2 Å². The molecule has 1 aromatic heterocycles. The number of hydrogen-bond donors (Lipinski definition) is 1. The fourth-order valence-corrected chi connectivity index (χ4v) is 4.22. The van der Waals surface area contributed by atoms with Gasteiger partial charge in [0.25, 0.3) is 0 Å². The smallest absolute Gasteiger partial charge is 0.312 e. The first-order valence-electron chi connectivity index (χ1n) is 6.14. The summed E-state index contributed by atoms with van der Waals surface area (Å²) >= 11 is 5.14. The average Bonchev–Trinajstić information content (AvgIpc) is 2.82. The van der Waals surface area contributed by atoms with Crippen molar-refractivity contribution >= 4 is 33.2 Å². The molecule has 0 saturated heterocycles. The number of halogens is 1. The predicted octanol–water partition coefficient (Wildman–Crippen LogP) is 4.08. The van der Waals surface area contributed by atoms with Gasteiger partial charge in [-0.3, -0.25) is 4.79 Å². The molecule has 3 rings (SSSR count). The molecule has 98 valence electrons. The van der Waals surface area contributed by atoms with Gasteiger partial charge in [0.2, 0.25) is 0 Å². The van der Waals surface area contributed by atoms with E-state index in [1.54, 1.807) is 11.3 Å². The first-order valence-corrected chi connectivity index (χ1v) is 7.75. The van der Waals surface area contributed by atoms with Crippen molar-refractivity contribution in [3.63, 3.8) is 0 Å². The lowest BCUT2D eigenvalue weighted by atomic mass is 9.91.